The summed E-state index contributed by atoms with van der Waals surface area (Å²) in [6, 6.07) is 10.6. The van der Waals surface area contributed by atoms with E-state index in [2.05, 4.69) is 15.0 Å². The lowest BCUT2D eigenvalue weighted by Gasteiger charge is -2.33. The highest BCUT2D eigenvalue weighted by Gasteiger charge is 2.29. The Kier molecular flexibility index (Phi) is 5.91. The average Bonchev–Trinajstić information content (AvgIpc) is 2.81. The number of nitrogens with zero attached hydrogens (tertiary/aromatic N) is 5. The summed E-state index contributed by atoms with van der Waals surface area (Å²) in [5.41, 5.74) is 1.45. The first-order chi connectivity index (χ1) is 14.6. The van der Waals surface area contributed by atoms with Crippen LogP contribution in [0.3, 0.4) is 0 Å². The molecule has 0 aliphatic carbocycles. The Morgan fingerprint density at radius 2 is 2.00 bits per heavy atom. The van der Waals surface area contributed by atoms with Gasteiger partial charge in [0, 0.05) is 36.3 Å². The first kappa shape index (κ1) is 20.2. The maximum absolute atomic E-state index is 13.0. The van der Waals surface area contributed by atoms with Crippen molar-refractivity contribution in [3.8, 4) is 11.4 Å². The van der Waals surface area contributed by atoms with Crippen LogP contribution in [0.15, 0.2) is 58.6 Å². The lowest BCUT2D eigenvalue weighted by molar-refractivity contribution is 0.0336. The van der Waals surface area contributed by atoms with Gasteiger partial charge in [-0.25, -0.2) is 15.0 Å². The molecule has 1 unspecified atom stereocenters. The minimum absolute atomic E-state index is 0.0793. The van der Waals surface area contributed by atoms with Crippen LogP contribution < -0.4 is 10.5 Å². The van der Waals surface area contributed by atoms with Crippen LogP contribution in [0.1, 0.15) is 10.4 Å². The number of ketones is 1. The Hall–Kier alpha value is -3.04. The Morgan fingerprint density at radius 3 is 2.70 bits per heavy atom. The van der Waals surface area contributed by atoms with Gasteiger partial charge in [0.2, 0.25) is 5.95 Å². The highest BCUT2D eigenvalue weighted by atomic mass is 32.2. The second kappa shape index (κ2) is 8.76. The van der Waals surface area contributed by atoms with Gasteiger partial charge in [-0.2, -0.15) is 0 Å². The van der Waals surface area contributed by atoms with E-state index in [9.17, 15) is 9.59 Å². The first-order valence-corrected chi connectivity index (χ1v) is 10.7. The van der Waals surface area contributed by atoms with Crippen molar-refractivity contribution >= 4 is 23.5 Å². The van der Waals surface area contributed by atoms with Gasteiger partial charge in [-0.05, 0) is 24.5 Å². The van der Waals surface area contributed by atoms with E-state index in [1.165, 1.54) is 17.0 Å². The molecule has 1 atom stereocenters. The predicted octanol–water partition coefficient (Wildman–Crippen LogP) is 2.05. The molecule has 0 saturated carbocycles. The molecule has 8 nitrogen and oxygen atoms in total. The summed E-state index contributed by atoms with van der Waals surface area (Å²) in [5, 5.41) is 0. The number of thioether (sulfide) groups is 1. The molecule has 154 valence electrons. The second-order valence-electron chi connectivity index (χ2n) is 6.83. The Morgan fingerprint density at radius 1 is 1.20 bits per heavy atom. The van der Waals surface area contributed by atoms with E-state index in [1.807, 2.05) is 35.4 Å². The maximum atomic E-state index is 13.0. The number of carbonyl (C=O) groups is 1. The minimum atomic E-state index is -0.626. The van der Waals surface area contributed by atoms with Crippen LogP contribution in [-0.4, -0.2) is 57.4 Å². The fourth-order valence-corrected chi connectivity index (χ4v) is 3.72. The van der Waals surface area contributed by atoms with Gasteiger partial charge in [-0.3, -0.25) is 14.2 Å². The highest BCUT2D eigenvalue weighted by Crippen LogP contribution is 2.21. The van der Waals surface area contributed by atoms with Crippen molar-refractivity contribution in [1.29, 1.82) is 0 Å². The largest absolute Gasteiger partial charge is 0.366 e. The molecule has 0 bridgehead atoms. The van der Waals surface area contributed by atoms with Gasteiger partial charge >= 0.3 is 0 Å². The lowest BCUT2D eigenvalue weighted by Crippen LogP contribution is -2.48. The number of rotatable bonds is 5. The van der Waals surface area contributed by atoms with Crippen molar-refractivity contribution in [2.24, 2.45) is 7.05 Å². The van der Waals surface area contributed by atoms with Crippen LogP contribution in [0.2, 0.25) is 0 Å². The molecule has 0 radical (unpaired) electrons. The van der Waals surface area contributed by atoms with E-state index in [4.69, 9.17) is 4.74 Å². The van der Waals surface area contributed by atoms with Crippen molar-refractivity contribution < 1.29 is 9.53 Å². The summed E-state index contributed by atoms with van der Waals surface area (Å²) in [6.45, 7) is 1.21. The minimum Gasteiger partial charge on any atom is -0.366 e. The maximum Gasteiger partial charge on any atom is 0.255 e. The summed E-state index contributed by atoms with van der Waals surface area (Å²) in [5.74, 6) is 0.402. The van der Waals surface area contributed by atoms with E-state index in [0.29, 0.717) is 42.6 Å². The molecule has 1 saturated heterocycles. The van der Waals surface area contributed by atoms with Gasteiger partial charge in [0.1, 0.15) is 12.4 Å². The molecule has 0 N–H and O–H groups in total. The summed E-state index contributed by atoms with van der Waals surface area (Å²) in [7, 11) is 1.67. The van der Waals surface area contributed by atoms with Crippen molar-refractivity contribution in [2.75, 3.05) is 30.9 Å². The van der Waals surface area contributed by atoms with E-state index in [1.54, 1.807) is 31.1 Å². The third-order valence-electron chi connectivity index (χ3n) is 4.97. The normalized spacial score (nSPS) is 16.5. The van der Waals surface area contributed by atoms with Gasteiger partial charge in [0.15, 0.2) is 5.78 Å². The Bertz CT molecular complexity index is 1100. The van der Waals surface area contributed by atoms with E-state index in [0.717, 1.165) is 4.90 Å². The average molecular weight is 423 g/mol. The van der Waals surface area contributed by atoms with Crippen LogP contribution in [-0.2, 0) is 11.8 Å². The van der Waals surface area contributed by atoms with Gasteiger partial charge in [0.25, 0.3) is 5.56 Å². The monoisotopic (exact) mass is 423 g/mol. The van der Waals surface area contributed by atoms with Crippen LogP contribution in [0, 0.1) is 0 Å². The highest BCUT2D eigenvalue weighted by molar-refractivity contribution is 7.98. The standard InChI is InChI=1S/C21H21N5O3S/c1-25-19(27)11-17(16-7-8-22-13-23-16)24-21(25)26-9-10-29-18(12-26)20(28)14-3-5-15(30-2)6-4-14/h3-8,11,13,18H,9-10,12H2,1-2H3. The molecule has 1 aliphatic rings. The number of hydrogen-bond acceptors (Lipinski definition) is 8. The van der Waals surface area contributed by atoms with Crippen molar-refractivity contribution in [3.63, 3.8) is 0 Å². The van der Waals surface area contributed by atoms with Crippen LogP contribution in [0.25, 0.3) is 11.4 Å². The van der Waals surface area contributed by atoms with Gasteiger partial charge < -0.3 is 9.64 Å². The van der Waals surface area contributed by atoms with Gasteiger partial charge in [0.05, 0.1) is 24.5 Å². The van der Waals surface area contributed by atoms with Crippen LogP contribution in [0.5, 0.6) is 0 Å². The van der Waals surface area contributed by atoms with E-state index in [-0.39, 0.29) is 11.3 Å². The number of hydrogen-bond donors (Lipinski definition) is 0. The quantitative estimate of drug-likeness (QED) is 0.455. The number of benzene rings is 1. The number of carbonyl (C=O) groups excluding carboxylic acids is 1. The zero-order valence-corrected chi connectivity index (χ0v) is 17.5. The Labute approximate surface area is 178 Å². The fraction of sp³-hybridized carbons (Fsp3) is 0.286. The second-order valence-corrected chi connectivity index (χ2v) is 7.71. The molecule has 1 fully saturated rings. The topological polar surface area (TPSA) is 90.2 Å². The van der Waals surface area contributed by atoms with Gasteiger partial charge in [-0.15, -0.1) is 11.8 Å². The molecular weight excluding hydrogens is 402 g/mol. The lowest BCUT2D eigenvalue weighted by atomic mass is 10.1. The third-order valence-corrected chi connectivity index (χ3v) is 5.72. The SMILES string of the molecule is CSc1ccc(C(=O)C2CN(c3nc(-c4ccncn4)cc(=O)n3C)CCO2)cc1. The third kappa shape index (κ3) is 4.12. The molecule has 0 spiro atoms. The molecule has 0 amide bonds. The summed E-state index contributed by atoms with van der Waals surface area (Å²) in [4.78, 5) is 41.2. The number of anilines is 1. The van der Waals surface area contributed by atoms with Crippen molar-refractivity contribution in [1.82, 2.24) is 19.5 Å². The Balaban J connectivity index is 1.60. The molecule has 9 heteroatoms. The number of Topliss-reactive ketones (excluding diaryl/α,β-unsaturated/α-hetero) is 1. The van der Waals surface area contributed by atoms with E-state index < -0.39 is 6.10 Å². The number of aromatic nitrogens is 4. The summed E-state index contributed by atoms with van der Waals surface area (Å²) in [6.07, 6.45) is 4.39. The molecule has 30 heavy (non-hydrogen) atoms. The zero-order chi connectivity index (χ0) is 21.1. The first-order valence-electron chi connectivity index (χ1n) is 9.46. The molecule has 4 rings (SSSR count). The molecule has 1 aliphatic heterocycles. The predicted molar refractivity (Wildman–Crippen MR) is 115 cm³/mol. The van der Waals surface area contributed by atoms with Crippen LogP contribution >= 0.6 is 11.8 Å². The fourth-order valence-electron chi connectivity index (χ4n) is 3.31. The van der Waals surface area contributed by atoms with Crippen molar-refractivity contribution in [3.05, 3.63) is 64.8 Å². The van der Waals surface area contributed by atoms with E-state index >= 15 is 0 Å². The molecule has 3 heterocycles. The summed E-state index contributed by atoms with van der Waals surface area (Å²) < 4.78 is 7.23. The van der Waals surface area contributed by atoms with Crippen LogP contribution in [0.4, 0.5) is 5.95 Å². The zero-order valence-electron chi connectivity index (χ0n) is 16.7. The summed E-state index contributed by atoms with van der Waals surface area (Å²) >= 11 is 1.62. The molecule has 3 aromatic rings. The molecule has 2 aromatic heterocycles. The molecule has 1 aromatic carbocycles. The van der Waals surface area contributed by atoms with Gasteiger partial charge in [-0.1, -0.05) is 12.1 Å². The number of ether oxygens (including phenoxy) is 1. The van der Waals surface area contributed by atoms with Crippen molar-refractivity contribution in [2.45, 2.75) is 11.0 Å². The smallest absolute Gasteiger partial charge is 0.255 e. The molecular formula is C21H21N5O3S. The number of morpholine rings is 1.